The number of methoxy groups -OCH3 is 1. The second-order valence-corrected chi connectivity index (χ2v) is 6.93. The molecule has 1 saturated carbocycles. The molecule has 0 aromatic heterocycles. The number of nitrogens with zero attached hydrogens (tertiary/aromatic N) is 1. The first kappa shape index (κ1) is 17.5. The van der Waals surface area contributed by atoms with Gasteiger partial charge in [-0.1, -0.05) is 43.2 Å². The topological polar surface area (TPSA) is 75.7 Å². The minimum Gasteiger partial charge on any atom is -0.467 e. The Morgan fingerprint density at radius 3 is 2.56 bits per heavy atom. The predicted molar refractivity (Wildman–Crippen MR) is 91.3 cm³/mol. The van der Waals surface area contributed by atoms with Crippen LogP contribution >= 0.6 is 0 Å². The van der Waals surface area contributed by atoms with Gasteiger partial charge in [0.25, 0.3) is 0 Å². The normalized spacial score (nSPS) is 22.0. The molecule has 1 N–H and O–H groups in total. The molecule has 25 heavy (non-hydrogen) atoms. The molecule has 6 nitrogen and oxygen atoms in total. The Morgan fingerprint density at radius 1 is 1.24 bits per heavy atom. The smallest absolute Gasteiger partial charge is 0.331 e. The minimum absolute atomic E-state index is 0.0254. The van der Waals surface area contributed by atoms with Crippen LogP contribution in [0.1, 0.15) is 37.7 Å². The van der Waals surface area contributed by atoms with Gasteiger partial charge in [-0.25, -0.2) is 4.79 Å². The summed E-state index contributed by atoms with van der Waals surface area (Å²) in [5.41, 5.74) is 0.126. The maximum Gasteiger partial charge on any atom is 0.331 e. The lowest BCUT2D eigenvalue weighted by atomic mass is 9.96. The van der Waals surface area contributed by atoms with E-state index in [4.69, 9.17) is 4.74 Å². The van der Waals surface area contributed by atoms with Crippen LogP contribution in [-0.4, -0.2) is 41.9 Å². The summed E-state index contributed by atoms with van der Waals surface area (Å²) in [7, 11) is 1.34. The number of hydrogen-bond acceptors (Lipinski definition) is 4. The molecule has 1 aromatic carbocycles. The Hall–Kier alpha value is -2.37. The summed E-state index contributed by atoms with van der Waals surface area (Å²) < 4.78 is 4.89. The maximum absolute atomic E-state index is 12.7. The molecule has 0 bridgehead atoms. The van der Waals surface area contributed by atoms with Crippen LogP contribution in [0.5, 0.6) is 0 Å². The summed E-state index contributed by atoms with van der Waals surface area (Å²) in [6.07, 6.45) is 3.16. The monoisotopic (exact) mass is 344 g/mol. The molecule has 6 heteroatoms. The average Bonchev–Trinajstić information content (AvgIpc) is 3.23. The van der Waals surface area contributed by atoms with Gasteiger partial charge in [0.05, 0.1) is 13.0 Å². The molecule has 0 radical (unpaired) electrons. The molecule has 1 heterocycles. The van der Waals surface area contributed by atoms with E-state index in [0.29, 0.717) is 25.9 Å². The van der Waals surface area contributed by atoms with Crippen molar-refractivity contribution in [2.75, 3.05) is 13.7 Å². The molecular weight excluding hydrogens is 320 g/mol. The van der Waals surface area contributed by atoms with Crippen molar-refractivity contribution < 1.29 is 19.1 Å². The van der Waals surface area contributed by atoms with E-state index < -0.39 is 11.5 Å². The van der Waals surface area contributed by atoms with Gasteiger partial charge < -0.3 is 15.0 Å². The van der Waals surface area contributed by atoms with E-state index in [1.165, 1.54) is 7.11 Å². The highest BCUT2D eigenvalue weighted by atomic mass is 16.5. The fourth-order valence-corrected chi connectivity index (χ4v) is 3.80. The molecule has 1 unspecified atom stereocenters. The lowest BCUT2D eigenvalue weighted by Crippen LogP contribution is -2.54. The Morgan fingerprint density at radius 2 is 1.92 bits per heavy atom. The highest BCUT2D eigenvalue weighted by Crippen LogP contribution is 2.32. The van der Waals surface area contributed by atoms with Gasteiger partial charge >= 0.3 is 5.97 Å². The van der Waals surface area contributed by atoms with Crippen molar-refractivity contribution >= 4 is 17.8 Å². The molecule has 1 saturated heterocycles. The van der Waals surface area contributed by atoms with Gasteiger partial charge in [-0.2, -0.15) is 0 Å². The molecule has 2 aliphatic rings. The highest BCUT2D eigenvalue weighted by Gasteiger charge is 2.45. The van der Waals surface area contributed by atoms with E-state index in [9.17, 15) is 14.4 Å². The van der Waals surface area contributed by atoms with Crippen LogP contribution in [0.25, 0.3) is 0 Å². The molecule has 3 rings (SSSR count). The summed E-state index contributed by atoms with van der Waals surface area (Å²) in [5, 5.41) is 2.90. The number of carbonyl (C=O) groups excluding carboxylic acids is 3. The number of esters is 1. The van der Waals surface area contributed by atoms with Crippen molar-refractivity contribution in [3.05, 3.63) is 35.9 Å². The SMILES string of the molecule is COC(=O)C1(NC(=O)C2CC(=O)N(Cc3ccccc3)C2)CCCC1. The number of carbonyl (C=O) groups is 3. The molecule has 0 spiro atoms. The molecule has 2 fully saturated rings. The first-order valence-corrected chi connectivity index (χ1v) is 8.76. The van der Waals surface area contributed by atoms with Gasteiger partial charge in [0.2, 0.25) is 11.8 Å². The van der Waals surface area contributed by atoms with E-state index in [1.54, 1.807) is 4.90 Å². The van der Waals surface area contributed by atoms with E-state index in [2.05, 4.69) is 5.32 Å². The molecule has 1 aliphatic heterocycles. The minimum atomic E-state index is -0.915. The molecule has 1 atom stereocenters. The van der Waals surface area contributed by atoms with Gasteiger partial charge in [-0.3, -0.25) is 9.59 Å². The van der Waals surface area contributed by atoms with Crippen LogP contribution in [0.2, 0.25) is 0 Å². The second kappa shape index (κ2) is 7.25. The maximum atomic E-state index is 12.7. The van der Waals surface area contributed by atoms with Crippen LogP contribution in [0, 0.1) is 5.92 Å². The third kappa shape index (κ3) is 3.67. The molecule has 2 amide bonds. The Labute approximate surface area is 147 Å². The van der Waals surface area contributed by atoms with E-state index in [0.717, 1.165) is 18.4 Å². The fourth-order valence-electron chi connectivity index (χ4n) is 3.80. The van der Waals surface area contributed by atoms with Gasteiger partial charge in [0, 0.05) is 19.5 Å². The Bertz CT molecular complexity index is 653. The van der Waals surface area contributed by atoms with E-state index in [1.807, 2.05) is 30.3 Å². The van der Waals surface area contributed by atoms with Crippen LogP contribution < -0.4 is 5.32 Å². The first-order valence-electron chi connectivity index (χ1n) is 8.76. The average molecular weight is 344 g/mol. The Kier molecular flexibility index (Phi) is 5.06. The van der Waals surface area contributed by atoms with Crippen LogP contribution in [0.4, 0.5) is 0 Å². The number of nitrogens with one attached hydrogen (secondary N) is 1. The van der Waals surface area contributed by atoms with Gasteiger partial charge in [0.15, 0.2) is 0 Å². The number of likely N-dealkylation sites (tertiary alicyclic amines) is 1. The van der Waals surface area contributed by atoms with Crippen molar-refractivity contribution in [3.63, 3.8) is 0 Å². The summed E-state index contributed by atoms with van der Waals surface area (Å²) in [6.45, 7) is 0.891. The van der Waals surface area contributed by atoms with Crippen molar-refractivity contribution in [1.29, 1.82) is 0 Å². The summed E-state index contributed by atoms with van der Waals surface area (Å²) >= 11 is 0. The van der Waals surface area contributed by atoms with Crippen molar-refractivity contribution in [2.24, 2.45) is 5.92 Å². The highest BCUT2D eigenvalue weighted by molar-refractivity contribution is 5.93. The van der Waals surface area contributed by atoms with Crippen molar-refractivity contribution in [3.8, 4) is 0 Å². The number of benzene rings is 1. The zero-order chi connectivity index (χ0) is 17.9. The number of hydrogen-bond donors (Lipinski definition) is 1. The van der Waals surface area contributed by atoms with Crippen LogP contribution in [0.15, 0.2) is 30.3 Å². The standard InChI is InChI=1S/C19H24N2O4/c1-25-18(24)19(9-5-6-10-19)20-17(23)15-11-16(22)21(13-15)12-14-7-3-2-4-8-14/h2-4,7-8,15H,5-6,9-13H2,1H3,(H,20,23). The largest absolute Gasteiger partial charge is 0.467 e. The third-order valence-electron chi connectivity index (χ3n) is 5.20. The second-order valence-electron chi connectivity index (χ2n) is 6.93. The van der Waals surface area contributed by atoms with Gasteiger partial charge in [-0.15, -0.1) is 0 Å². The summed E-state index contributed by atoms with van der Waals surface area (Å²) in [6, 6.07) is 9.72. The van der Waals surface area contributed by atoms with Crippen LogP contribution in [0.3, 0.4) is 0 Å². The summed E-state index contributed by atoms with van der Waals surface area (Å²) in [5.74, 6) is -1.05. The van der Waals surface area contributed by atoms with Gasteiger partial charge in [0.1, 0.15) is 5.54 Å². The zero-order valence-corrected chi connectivity index (χ0v) is 14.5. The third-order valence-corrected chi connectivity index (χ3v) is 5.20. The summed E-state index contributed by atoms with van der Waals surface area (Å²) in [4.78, 5) is 38.8. The van der Waals surface area contributed by atoms with Gasteiger partial charge in [-0.05, 0) is 18.4 Å². The lowest BCUT2D eigenvalue weighted by Gasteiger charge is -2.28. The zero-order valence-electron chi connectivity index (χ0n) is 14.5. The lowest BCUT2D eigenvalue weighted by molar-refractivity contribution is -0.151. The van der Waals surface area contributed by atoms with Crippen molar-refractivity contribution in [2.45, 2.75) is 44.2 Å². The number of amides is 2. The van der Waals surface area contributed by atoms with Crippen LogP contribution in [-0.2, 0) is 25.7 Å². The quantitative estimate of drug-likeness (QED) is 0.824. The van der Waals surface area contributed by atoms with Crippen molar-refractivity contribution in [1.82, 2.24) is 10.2 Å². The van der Waals surface area contributed by atoms with E-state index in [-0.39, 0.29) is 24.2 Å². The first-order chi connectivity index (χ1) is 12.0. The number of rotatable bonds is 5. The molecule has 1 aliphatic carbocycles. The van der Waals surface area contributed by atoms with E-state index >= 15 is 0 Å². The number of ether oxygens (including phenoxy) is 1. The fraction of sp³-hybridized carbons (Fsp3) is 0.526. The molecular formula is C19H24N2O4. The predicted octanol–water partition coefficient (Wildman–Crippen LogP) is 1.64. The molecule has 134 valence electrons. The Balaban J connectivity index is 1.63. The molecule has 1 aromatic rings.